The molecule has 2 heterocycles. The van der Waals surface area contributed by atoms with Crippen LogP contribution >= 0.6 is 0 Å². The van der Waals surface area contributed by atoms with Gasteiger partial charge in [0.1, 0.15) is 24.1 Å². The summed E-state index contributed by atoms with van der Waals surface area (Å²) in [5, 5.41) is 13.4. The first kappa shape index (κ1) is 31.6. The third kappa shape index (κ3) is 7.27. The van der Waals surface area contributed by atoms with Crippen LogP contribution in [0.25, 0.3) is 0 Å². The Balaban J connectivity index is 2.67. The van der Waals surface area contributed by atoms with E-state index in [2.05, 4.69) is 84.6 Å². The number of hydrogen-bond donors (Lipinski definition) is 2. The Kier molecular flexibility index (Phi) is 9.58. The molecule has 0 saturated carbocycles. The molecule has 1 amide bonds. The lowest BCUT2D eigenvalue weighted by Crippen LogP contribution is -2.55. The van der Waals surface area contributed by atoms with Gasteiger partial charge in [-0.15, -0.1) is 6.58 Å². The summed E-state index contributed by atoms with van der Waals surface area (Å²) in [5.41, 5.74) is -0.593. The largest absolute Gasteiger partial charge is 0.408 e. The third-order valence-electron chi connectivity index (χ3n) is 7.89. The van der Waals surface area contributed by atoms with Crippen molar-refractivity contribution in [1.29, 1.82) is 0 Å². The van der Waals surface area contributed by atoms with E-state index in [1.807, 2.05) is 0 Å². The molecule has 1 aliphatic rings. The number of aliphatic hydroxyl groups excluding tert-OH is 1. The van der Waals surface area contributed by atoms with Crippen molar-refractivity contribution in [2.75, 3.05) is 5.32 Å². The molecule has 1 aromatic heterocycles. The highest BCUT2D eigenvalue weighted by Gasteiger charge is 2.55. The summed E-state index contributed by atoms with van der Waals surface area (Å²) in [6.45, 7) is 26.6. The molecular weight excluding hydrogens is 506 g/mol. The lowest BCUT2D eigenvalue weighted by molar-refractivity contribution is -0.114. The van der Waals surface area contributed by atoms with Crippen molar-refractivity contribution in [2.45, 2.75) is 122 Å². The van der Waals surface area contributed by atoms with Crippen molar-refractivity contribution >= 4 is 28.4 Å². The molecule has 2 N–H and O–H groups in total. The molecule has 0 spiro atoms. The van der Waals surface area contributed by atoms with E-state index in [9.17, 15) is 14.7 Å². The predicted octanol–water partition coefficient (Wildman–Crippen LogP) is 4.82. The van der Waals surface area contributed by atoms with Gasteiger partial charge in [0, 0.05) is 13.1 Å². The van der Waals surface area contributed by atoms with E-state index in [1.54, 1.807) is 18.3 Å². The standard InChI is InChI=1S/C26H47N3O6Si2/c1-13-14-18(31)20-21(34-36(9,10)25(3,4)5)22(35-37(11,12)26(6,7)8)23(33-20)29-16-15-19(27-17(2)30)28-24(29)32/h13,15-16,18,20-23,31H,1,14H2,2-12H3,(H,27,28,30,32)/t18-,20-,21-,22-,23-/m1/s1. The number of amides is 1. The van der Waals surface area contributed by atoms with Crippen LogP contribution in [0.3, 0.4) is 0 Å². The van der Waals surface area contributed by atoms with Crippen LogP contribution in [0.15, 0.2) is 29.7 Å². The summed E-state index contributed by atoms with van der Waals surface area (Å²) in [4.78, 5) is 28.6. The van der Waals surface area contributed by atoms with Gasteiger partial charge in [0.05, 0.1) is 6.10 Å². The van der Waals surface area contributed by atoms with E-state index in [0.29, 0.717) is 6.42 Å². The molecule has 210 valence electrons. The third-order valence-corrected chi connectivity index (χ3v) is 16.8. The van der Waals surface area contributed by atoms with Gasteiger partial charge in [-0.05, 0) is 48.8 Å². The molecular formula is C26H47N3O6Si2. The van der Waals surface area contributed by atoms with E-state index in [4.69, 9.17) is 13.6 Å². The highest BCUT2D eigenvalue weighted by atomic mass is 28.4. The maximum atomic E-state index is 13.1. The SMILES string of the molecule is C=CC[C@@H](O)[C@H]1O[C@@H](n2ccc(NC(C)=O)nc2=O)[C@H](O[Si](C)(C)C(C)(C)C)[C@@H]1O[Si](C)(C)C(C)(C)C. The van der Waals surface area contributed by atoms with E-state index in [-0.39, 0.29) is 21.8 Å². The van der Waals surface area contributed by atoms with Crippen LogP contribution in [0.2, 0.25) is 36.3 Å². The van der Waals surface area contributed by atoms with Crippen molar-refractivity contribution < 1.29 is 23.5 Å². The summed E-state index contributed by atoms with van der Waals surface area (Å²) >= 11 is 0. The molecule has 1 fully saturated rings. The highest BCUT2D eigenvalue weighted by Crippen LogP contribution is 2.46. The average molecular weight is 554 g/mol. The fourth-order valence-electron chi connectivity index (χ4n) is 3.65. The molecule has 0 aliphatic carbocycles. The first-order chi connectivity index (χ1) is 16.7. The Morgan fingerprint density at radius 2 is 1.68 bits per heavy atom. The summed E-state index contributed by atoms with van der Waals surface area (Å²) in [6.07, 6.45) is -0.305. The van der Waals surface area contributed by atoms with Gasteiger partial charge < -0.3 is 24.0 Å². The Hall–Kier alpha value is -1.64. The van der Waals surface area contributed by atoms with Crippen LogP contribution in [0.5, 0.6) is 0 Å². The number of aromatic nitrogens is 2. The molecule has 1 saturated heterocycles. The molecule has 11 heteroatoms. The number of nitrogens with one attached hydrogen (secondary N) is 1. The molecule has 0 bridgehead atoms. The Morgan fingerprint density at radius 3 is 2.11 bits per heavy atom. The predicted molar refractivity (Wildman–Crippen MR) is 152 cm³/mol. The van der Waals surface area contributed by atoms with Crippen molar-refractivity contribution in [2.24, 2.45) is 0 Å². The zero-order valence-electron chi connectivity index (χ0n) is 24.4. The second-order valence-electron chi connectivity index (χ2n) is 13.0. The quantitative estimate of drug-likeness (QED) is 0.333. The summed E-state index contributed by atoms with van der Waals surface area (Å²) < 4.78 is 21.6. The topological polar surface area (TPSA) is 112 Å². The number of aliphatic hydroxyl groups is 1. The number of anilines is 1. The second-order valence-corrected chi connectivity index (χ2v) is 22.5. The number of carbonyl (C=O) groups is 1. The fraction of sp³-hybridized carbons (Fsp3) is 0.731. The second kappa shape index (κ2) is 11.2. The van der Waals surface area contributed by atoms with Gasteiger partial charge in [-0.1, -0.05) is 47.6 Å². The van der Waals surface area contributed by atoms with Crippen LogP contribution < -0.4 is 11.0 Å². The zero-order valence-corrected chi connectivity index (χ0v) is 26.4. The van der Waals surface area contributed by atoms with Crippen LogP contribution in [0.4, 0.5) is 5.82 Å². The fourth-order valence-corrected chi connectivity index (χ4v) is 6.24. The van der Waals surface area contributed by atoms with Crippen molar-refractivity contribution in [1.82, 2.24) is 9.55 Å². The summed E-state index contributed by atoms with van der Waals surface area (Å²) in [6, 6.07) is 1.55. The Morgan fingerprint density at radius 1 is 1.16 bits per heavy atom. The van der Waals surface area contributed by atoms with E-state index < -0.39 is 53.0 Å². The molecule has 5 atom stereocenters. The van der Waals surface area contributed by atoms with Crippen LogP contribution in [-0.4, -0.2) is 61.6 Å². The number of nitrogens with zero attached hydrogens (tertiary/aromatic N) is 2. The maximum absolute atomic E-state index is 13.1. The van der Waals surface area contributed by atoms with Crippen LogP contribution in [-0.2, 0) is 18.4 Å². The normalized spacial score (nSPS) is 24.1. The molecule has 9 nitrogen and oxygen atoms in total. The minimum Gasteiger partial charge on any atom is -0.408 e. The Bertz CT molecular complexity index is 1030. The number of hydrogen-bond acceptors (Lipinski definition) is 7. The minimum absolute atomic E-state index is 0.0983. The molecule has 37 heavy (non-hydrogen) atoms. The molecule has 0 radical (unpaired) electrons. The van der Waals surface area contributed by atoms with E-state index in [0.717, 1.165) is 0 Å². The van der Waals surface area contributed by atoms with Gasteiger partial charge in [-0.2, -0.15) is 4.98 Å². The van der Waals surface area contributed by atoms with Gasteiger partial charge in [0.2, 0.25) is 5.91 Å². The first-order valence-corrected chi connectivity index (χ1v) is 18.7. The van der Waals surface area contributed by atoms with Crippen LogP contribution in [0.1, 0.15) is 61.1 Å². The minimum atomic E-state index is -2.38. The lowest BCUT2D eigenvalue weighted by Gasteiger charge is -2.44. The van der Waals surface area contributed by atoms with Crippen molar-refractivity contribution in [3.8, 4) is 0 Å². The van der Waals surface area contributed by atoms with Crippen molar-refractivity contribution in [3.05, 3.63) is 35.4 Å². The van der Waals surface area contributed by atoms with Gasteiger partial charge in [0.25, 0.3) is 0 Å². The highest BCUT2D eigenvalue weighted by molar-refractivity contribution is 6.74. The number of ether oxygens (including phenoxy) is 1. The maximum Gasteiger partial charge on any atom is 0.351 e. The Labute approximate surface area is 223 Å². The van der Waals surface area contributed by atoms with Crippen molar-refractivity contribution in [3.63, 3.8) is 0 Å². The number of carbonyl (C=O) groups excluding carboxylic acids is 1. The van der Waals surface area contributed by atoms with Crippen LogP contribution in [0, 0.1) is 0 Å². The zero-order chi connectivity index (χ0) is 28.6. The lowest BCUT2D eigenvalue weighted by atomic mass is 10.0. The van der Waals surface area contributed by atoms with E-state index >= 15 is 0 Å². The first-order valence-electron chi connectivity index (χ1n) is 12.9. The van der Waals surface area contributed by atoms with Gasteiger partial charge >= 0.3 is 5.69 Å². The molecule has 0 aromatic carbocycles. The average Bonchev–Trinajstić information content (AvgIpc) is 3.03. The molecule has 0 unspecified atom stereocenters. The smallest absolute Gasteiger partial charge is 0.351 e. The molecule has 1 aromatic rings. The van der Waals surface area contributed by atoms with Gasteiger partial charge in [-0.25, -0.2) is 4.79 Å². The van der Waals surface area contributed by atoms with Gasteiger partial charge in [-0.3, -0.25) is 9.36 Å². The van der Waals surface area contributed by atoms with Gasteiger partial charge in [0.15, 0.2) is 22.9 Å². The summed E-state index contributed by atoms with van der Waals surface area (Å²) in [7, 11) is -4.73. The molecule has 2 rings (SSSR count). The summed E-state index contributed by atoms with van der Waals surface area (Å²) in [5.74, 6) is -0.165. The molecule has 1 aliphatic heterocycles. The monoisotopic (exact) mass is 553 g/mol. The number of rotatable bonds is 9. The van der Waals surface area contributed by atoms with E-state index in [1.165, 1.54) is 11.5 Å².